The number of methoxy groups -OCH3 is 2. The highest BCUT2D eigenvalue weighted by Gasteiger charge is 2.36. The predicted octanol–water partition coefficient (Wildman–Crippen LogP) is 5.31. The van der Waals surface area contributed by atoms with Crippen LogP contribution >= 0.6 is 0 Å². The van der Waals surface area contributed by atoms with Gasteiger partial charge in [-0.3, -0.25) is 4.90 Å². The number of carbonyl (C=O) groups is 1. The molecule has 1 unspecified atom stereocenters. The summed E-state index contributed by atoms with van der Waals surface area (Å²) in [5.74, 6) is 2.99. The Morgan fingerprint density at radius 1 is 1.08 bits per heavy atom. The van der Waals surface area contributed by atoms with Crippen molar-refractivity contribution in [1.29, 1.82) is 0 Å². The number of nitrogens with zero attached hydrogens (tertiary/aromatic N) is 3. The molecule has 4 rings (SSSR count). The Balaban J connectivity index is 1.78. The summed E-state index contributed by atoms with van der Waals surface area (Å²) in [5.41, 5.74) is 3.09. The number of aromatic nitrogens is 2. The van der Waals surface area contributed by atoms with Gasteiger partial charge in [0, 0.05) is 17.8 Å². The van der Waals surface area contributed by atoms with Crippen LogP contribution in [0.15, 0.2) is 52.7 Å². The van der Waals surface area contributed by atoms with Gasteiger partial charge in [0.25, 0.3) is 5.89 Å². The minimum absolute atomic E-state index is 0.184. The van der Waals surface area contributed by atoms with Gasteiger partial charge in [0.2, 0.25) is 5.82 Å². The maximum atomic E-state index is 13.1. The molecule has 0 bridgehead atoms. The number of hydrogen-bond acceptors (Lipinski definition) is 7. The van der Waals surface area contributed by atoms with E-state index in [2.05, 4.69) is 24.3 Å². The fraction of sp³-hybridized carbons (Fsp3) is 0.370. The Labute approximate surface area is 211 Å². The van der Waals surface area contributed by atoms with E-state index in [1.165, 1.54) is 0 Å². The molecule has 0 fully saturated rings. The minimum Gasteiger partial charge on any atom is -0.494 e. The number of urea groups is 1. The zero-order chi connectivity index (χ0) is 25.8. The molecule has 0 saturated heterocycles. The van der Waals surface area contributed by atoms with Crippen LogP contribution in [0.25, 0.3) is 17.0 Å². The Hall–Kier alpha value is -4.01. The van der Waals surface area contributed by atoms with Gasteiger partial charge in [-0.15, -0.1) is 0 Å². The average molecular weight is 493 g/mol. The van der Waals surface area contributed by atoms with Gasteiger partial charge in [0.15, 0.2) is 11.5 Å². The summed E-state index contributed by atoms with van der Waals surface area (Å²) in [4.78, 5) is 19.6. The van der Waals surface area contributed by atoms with Gasteiger partial charge in [-0.25, -0.2) is 4.79 Å². The first-order valence-corrected chi connectivity index (χ1v) is 11.9. The van der Waals surface area contributed by atoms with Crippen LogP contribution in [0.3, 0.4) is 0 Å². The molecule has 9 heteroatoms. The molecule has 190 valence electrons. The first kappa shape index (κ1) is 25.1. The predicted molar refractivity (Wildman–Crippen MR) is 136 cm³/mol. The number of hydrogen-bond donors (Lipinski definition) is 1. The Kier molecular flexibility index (Phi) is 7.47. The van der Waals surface area contributed by atoms with Gasteiger partial charge in [0.05, 0.1) is 32.4 Å². The third kappa shape index (κ3) is 5.00. The molecule has 0 radical (unpaired) electrons. The van der Waals surface area contributed by atoms with Crippen molar-refractivity contribution in [3.63, 3.8) is 0 Å². The van der Waals surface area contributed by atoms with E-state index < -0.39 is 6.04 Å². The van der Waals surface area contributed by atoms with Gasteiger partial charge in [-0.2, -0.15) is 4.98 Å². The van der Waals surface area contributed by atoms with Gasteiger partial charge in [0.1, 0.15) is 5.75 Å². The summed E-state index contributed by atoms with van der Waals surface area (Å²) in [7, 11) is 3.16. The molecule has 3 aromatic rings. The molecule has 1 aliphatic heterocycles. The number of carbonyl (C=O) groups excluding carboxylic acids is 1. The van der Waals surface area contributed by atoms with Crippen LogP contribution in [0.2, 0.25) is 0 Å². The van der Waals surface area contributed by atoms with Crippen LogP contribution < -0.4 is 19.5 Å². The normalized spacial score (nSPS) is 15.8. The molecule has 0 spiro atoms. The third-order valence-electron chi connectivity index (χ3n) is 5.96. The van der Waals surface area contributed by atoms with E-state index in [1.54, 1.807) is 19.1 Å². The van der Waals surface area contributed by atoms with E-state index in [0.29, 0.717) is 36.4 Å². The highest BCUT2D eigenvalue weighted by Crippen LogP contribution is 2.40. The highest BCUT2D eigenvalue weighted by molar-refractivity contribution is 5.87. The lowest BCUT2D eigenvalue weighted by Crippen LogP contribution is -2.47. The van der Waals surface area contributed by atoms with E-state index in [0.717, 1.165) is 28.1 Å². The van der Waals surface area contributed by atoms with Crippen LogP contribution in [0.5, 0.6) is 17.2 Å². The molecule has 1 aliphatic rings. The summed E-state index contributed by atoms with van der Waals surface area (Å²) in [6, 6.07) is 12.4. The van der Waals surface area contributed by atoms with Gasteiger partial charge < -0.3 is 24.1 Å². The van der Waals surface area contributed by atoms with Crippen molar-refractivity contribution in [3.8, 4) is 28.6 Å². The topological polar surface area (TPSA) is 99.0 Å². The Bertz CT molecular complexity index is 1250. The van der Waals surface area contributed by atoms with Gasteiger partial charge in [-0.1, -0.05) is 25.1 Å². The van der Waals surface area contributed by atoms with Crippen molar-refractivity contribution in [1.82, 2.24) is 20.4 Å². The SMILES string of the molecule is CCOc1ccc(-c2noc(C3=C(C)N(CC(C)C)C(=O)NC3c3ccc(OC)c(OC)c3)n2)cc1. The number of amides is 2. The Morgan fingerprint density at radius 2 is 1.81 bits per heavy atom. The number of allylic oxidation sites excluding steroid dienone is 1. The standard InChI is InChI=1S/C27H32N4O5/c1-7-35-20-11-8-18(9-12-20)25-29-26(36-30-25)23-17(4)31(15-16(2)3)27(32)28-24(23)19-10-13-21(33-5)22(14-19)34-6/h8-14,16,24H,7,15H2,1-6H3,(H,28,32). The van der Waals surface area contributed by atoms with Crippen molar-refractivity contribution < 1.29 is 23.5 Å². The molecule has 1 N–H and O–H groups in total. The van der Waals surface area contributed by atoms with Crippen LogP contribution in [-0.4, -0.2) is 48.4 Å². The molecule has 1 atom stereocenters. The van der Waals surface area contributed by atoms with Crippen LogP contribution in [0, 0.1) is 5.92 Å². The molecular formula is C27H32N4O5. The average Bonchev–Trinajstić information content (AvgIpc) is 3.36. The van der Waals surface area contributed by atoms with Gasteiger partial charge in [-0.05, 0) is 61.7 Å². The summed E-state index contributed by atoms with van der Waals surface area (Å²) < 4.78 is 22.2. The van der Waals surface area contributed by atoms with Crippen molar-refractivity contribution in [2.75, 3.05) is 27.4 Å². The number of benzene rings is 2. The second-order valence-electron chi connectivity index (χ2n) is 8.88. The largest absolute Gasteiger partial charge is 0.494 e. The molecule has 1 aromatic heterocycles. The zero-order valence-electron chi connectivity index (χ0n) is 21.5. The summed E-state index contributed by atoms with van der Waals surface area (Å²) in [6.07, 6.45) is 0. The quantitative estimate of drug-likeness (QED) is 0.432. The first-order valence-electron chi connectivity index (χ1n) is 11.9. The molecular weight excluding hydrogens is 460 g/mol. The summed E-state index contributed by atoms with van der Waals surface area (Å²) in [6.45, 7) is 9.13. The molecule has 36 heavy (non-hydrogen) atoms. The first-order chi connectivity index (χ1) is 17.4. The summed E-state index contributed by atoms with van der Waals surface area (Å²) >= 11 is 0. The molecule has 0 aliphatic carbocycles. The molecule has 2 aromatic carbocycles. The van der Waals surface area contributed by atoms with Crippen LogP contribution in [-0.2, 0) is 0 Å². The maximum absolute atomic E-state index is 13.1. The lowest BCUT2D eigenvalue weighted by Gasteiger charge is -2.36. The van der Waals surface area contributed by atoms with Crippen molar-refractivity contribution in [2.45, 2.75) is 33.7 Å². The van der Waals surface area contributed by atoms with Crippen LogP contribution in [0.1, 0.15) is 45.2 Å². The Morgan fingerprint density at radius 3 is 2.44 bits per heavy atom. The lowest BCUT2D eigenvalue weighted by molar-refractivity contribution is 0.199. The minimum atomic E-state index is -0.519. The van der Waals surface area contributed by atoms with Crippen LogP contribution in [0.4, 0.5) is 4.79 Å². The van der Waals surface area contributed by atoms with Crippen molar-refractivity contribution in [2.24, 2.45) is 5.92 Å². The monoisotopic (exact) mass is 492 g/mol. The molecule has 2 amide bonds. The number of ether oxygens (including phenoxy) is 3. The van der Waals surface area contributed by atoms with Crippen molar-refractivity contribution >= 4 is 11.6 Å². The molecule has 2 heterocycles. The van der Waals surface area contributed by atoms with E-state index in [1.807, 2.05) is 56.3 Å². The fourth-order valence-corrected chi connectivity index (χ4v) is 4.24. The molecule has 9 nitrogen and oxygen atoms in total. The third-order valence-corrected chi connectivity index (χ3v) is 5.96. The second-order valence-corrected chi connectivity index (χ2v) is 8.88. The zero-order valence-corrected chi connectivity index (χ0v) is 21.5. The highest BCUT2D eigenvalue weighted by atomic mass is 16.5. The van der Waals surface area contributed by atoms with E-state index >= 15 is 0 Å². The van der Waals surface area contributed by atoms with E-state index in [-0.39, 0.29) is 11.9 Å². The number of rotatable bonds is 9. The fourth-order valence-electron chi connectivity index (χ4n) is 4.24. The van der Waals surface area contributed by atoms with Crippen molar-refractivity contribution in [3.05, 3.63) is 59.6 Å². The lowest BCUT2D eigenvalue weighted by atomic mass is 9.94. The second kappa shape index (κ2) is 10.7. The summed E-state index contributed by atoms with van der Waals surface area (Å²) in [5, 5.41) is 7.34. The number of nitrogens with one attached hydrogen (secondary N) is 1. The smallest absolute Gasteiger partial charge is 0.322 e. The van der Waals surface area contributed by atoms with E-state index in [4.69, 9.17) is 23.7 Å². The van der Waals surface area contributed by atoms with E-state index in [9.17, 15) is 4.79 Å². The molecule has 0 saturated carbocycles. The van der Waals surface area contributed by atoms with Gasteiger partial charge >= 0.3 is 6.03 Å². The maximum Gasteiger partial charge on any atom is 0.322 e.